The zero-order valence-electron chi connectivity index (χ0n) is 13.2. The number of hydrogen-bond donors (Lipinski definition) is 1. The number of amides is 1. The Kier molecular flexibility index (Phi) is 9.07. The molecular weight excluding hydrogens is 359 g/mol. The molecule has 4 nitrogen and oxygen atoms in total. The maximum atomic E-state index is 12.2. The summed E-state index contributed by atoms with van der Waals surface area (Å²) in [7, 11) is 0. The van der Waals surface area contributed by atoms with Crippen LogP contribution in [0.25, 0.3) is 0 Å². The Morgan fingerprint density at radius 1 is 1.35 bits per heavy atom. The van der Waals surface area contributed by atoms with Crippen molar-refractivity contribution in [2.75, 3.05) is 32.8 Å². The minimum absolute atomic E-state index is 0. The minimum atomic E-state index is -0.00204. The fraction of sp³-hybridized carbons (Fsp3) is 0.562. The van der Waals surface area contributed by atoms with Gasteiger partial charge in [0.1, 0.15) is 5.75 Å². The lowest BCUT2D eigenvalue weighted by Gasteiger charge is -2.32. The summed E-state index contributed by atoms with van der Waals surface area (Å²) >= 11 is 11.9. The number of carbonyl (C=O) groups excluding carboxylic acids is 1. The van der Waals surface area contributed by atoms with Crippen LogP contribution in [0, 0.1) is 5.92 Å². The minimum Gasteiger partial charge on any atom is -0.482 e. The Labute approximate surface area is 153 Å². The highest BCUT2D eigenvalue weighted by Gasteiger charge is 2.22. The van der Waals surface area contributed by atoms with Crippen LogP contribution in [-0.4, -0.2) is 43.6 Å². The fourth-order valence-electron chi connectivity index (χ4n) is 2.55. The van der Waals surface area contributed by atoms with Crippen molar-refractivity contribution in [1.29, 1.82) is 0 Å². The van der Waals surface area contributed by atoms with Crippen molar-refractivity contribution in [2.45, 2.75) is 19.8 Å². The number of nitrogens with zero attached hydrogens (tertiary/aromatic N) is 1. The molecule has 0 saturated carbocycles. The van der Waals surface area contributed by atoms with E-state index in [1.54, 1.807) is 18.2 Å². The van der Waals surface area contributed by atoms with E-state index in [0.717, 1.165) is 39.0 Å². The van der Waals surface area contributed by atoms with E-state index < -0.39 is 0 Å². The van der Waals surface area contributed by atoms with Crippen molar-refractivity contribution in [3.63, 3.8) is 0 Å². The van der Waals surface area contributed by atoms with Crippen molar-refractivity contribution in [3.8, 4) is 5.75 Å². The number of ether oxygens (including phenoxy) is 1. The number of nitrogens with one attached hydrogen (secondary N) is 1. The standard InChI is InChI=1S/C16H22Cl2N2O2.ClH/c1-2-19-10-12-5-7-20(8-6-12)16(21)11-22-15-9-13(17)3-4-14(15)18;/h3-4,9,12,19H,2,5-8,10-11H2,1H3;1H. The summed E-state index contributed by atoms with van der Waals surface area (Å²) in [5.41, 5.74) is 0. The first-order chi connectivity index (χ1) is 10.6. The molecule has 1 amide bonds. The molecule has 1 aromatic carbocycles. The van der Waals surface area contributed by atoms with Gasteiger partial charge >= 0.3 is 0 Å². The highest BCUT2D eigenvalue weighted by Crippen LogP contribution is 2.27. The molecule has 1 heterocycles. The first kappa shape index (κ1) is 20.4. The maximum absolute atomic E-state index is 12.2. The van der Waals surface area contributed by atoms with Gasteiger partial charge < -0.3 is 15.0 Å². The fourth-order valence-corrected chi connectivity index (χ4v) is 2.89. The number of halogens is 3. The van der Waals surface area contributed by atoms with Gasteiger partial charge in [0.25, 0.3) is 5.91 Å². The molecule has 0 aromatic heterocycles. The maximum Gasteiger partial charge on any atom is 0.260 e. The summed E-state index contributed by atoms with van der Waals surface area (Å²) in [6, 6.07) is 4.98. The van der Waals surface area contributed by atoms with Crippen LogP contribution in [0.15, 0.2) is 18.2 Å². The normalized spacial score (nSPS) is 15.2. The van der Waals surface area contributed by atoms with Crippen molar-refractivity contribution < 1.29 is 9.53 Å². The third kappa shape index (κ3) is 6.38. The third-order valence-electron chi connectivity index (χ3n) is 3.89. The Morgan fingerprint density at radius 3 is 2.70 bits per heavy atom. The molecule has 0 radical (unpaired) electrons. The van der Waals surface area contributed by atoms with Gasteiger partial charge in [0, 0.05) is 24.2 Å². The summed E-state index contributed by atoms with van der Waals surface area (Å²) in [4.78, 5) is 14.1. The monoisotopic (exact) mass is 380 g/mol. The predicted octanol–water partition coefficient (Wildman–Crippen LogP) is 3.64. The third-order valence-corrected chi connectivity index (χ3v) is 4.44. The molecule has 1 saturated heterocycles. The van der Waals surface area contributed by atoms with Crippen LogP contribution < -0.4 is 10.1 Å². The van der Waals surface area contributed by atoms with Crippen molar-refractivity contribution in [3.05, 3.63) is 28.2 Å². The van der Waals surface area contributed by atoms with Crippen LogP contribution in [0.5, 0.6) is 5.75 Å². The Morgan fingerprint density at radius 2 is 2.04 bits per heavy atom. The van der Waals surface area contributed by atoms with Gasteiger partial charge in [0.15, 0.2) is 6.61 Å². The van der Waals surface area contributed by atoms with Crippen LogP contribution in [0.2, 0.25) is 10.0 Å². The topological polar surface area (TPSA) is 41.6 Å². The van der Waals surface area contributed by atoms with Crippen LogP contribution in [0.3, 0.4) is 0 Å². The summed E-state index contributed by atoms with van der Waals surface area (Å²) in [5.74, 6) is 1.11. The molecule has 1 fully saturated rings. The first-order valence-electron chi connectivity index (χ1n) is 7.66. The van der Waals surface area contributed by atoms with Crippen LogP contribution in [0.4, 0.5) is 0 Å². The molecule has 1 aliphatic rings. The first-order valence-corrected chi connectivity index (χ1v) is 8.42. The Bertz CT molecular complexity index is 506. The smallest absolute Gasteiger partial charge is 0.260 e. The van der Waals surface area contributed by atoms with Gasteiger partial charge in [0.2, 0.25) is 0 Å². The second kappa shape index (κ2) is 10.2. The van der Waals surface area contributed by atoms with Crippen LogP contribution in [0.1, 0.15) is 19.8 Å². The molecule has 0 atom stereocenters. The number of rotatable bonds is 6. The van der Waals surface area contributed by atoms with E-state index in [0.29, 0.717) is 21.7 Å². The lowest BCUT2D eigenvalue weighted by molar-refractivity contribution is -0.134. The SMILES string of the molecule is CCNCC1CCN(C(=O)COc2cc(Cl)ccc2Cl)CC1.Cl. The van der Waals surface area contributed by atoms with E-state index in [2.05, 4.69) is 12.2 Å². The van der Waals surface area contributed by atoms with Crippen LogP contribution in [-0.2, 0) is 4.79 Å². The van der Waals surface area contributed by atoms with Gasteiger partial charge in [0.05, 0.1) is 5.02 Å². The van der Waals surface area contributed by atoms with E-state index in [1.807, 2.05) is 4.90 Å². The molecule has 2 rings (SSSR count). The lowest BCUT2D eigenvalue weighted by atomic mass is 9.97. The van der Waals surface area contributed by atoms with Crippen LogP contribution >= 0.6 is 35.6 Å². The molecule has 7 heteroatoms. The zero-order chi connectivity index (χ0) is 15.9. The lowest BCUT2D eigenvalue weighted by Crippen LogP contribution is -2.42. The van der Waals surface area contributed by atoms with Crippen molar-refractivity contribution in [2.24, 2.45) is 5.92 Å². The Balaban J connectivity index is 0.00000264. The summed E-state index contributed by atoms with van der Waals surface area (Å²) in [6.45, 7) is 5.72. The number of piperidine rings is 1. The molecule has 0 unspecified atom stereocenters. The van der Waals surface area contributed by atoms with Gasteiger partial charge in [-0.1, -0.05) is 30.1 Å². The highest BCUT2D eigenvalue weighted by atomic mass is 35.5. The Hall–Kier alpha value is -0.680. The van der Waals surface area contributed by atoms with Gasteiger partial charge in [-0.25, -0.2) is 0 Å². The summed E-state index contributed by atoms with van der Waals surface area (Å²) in [6.07, 6.45) is 2.08. The van der Waals surface area contributed by atoms with Gasteiger partial charge in [-0.3, -0.25) is 4.79 Å². The molecule has 1 aliphatic heterocycles. The number of benzene rings is 1. The quantitative estimate of drug-likeness (QED) is 0.818. The van der Waals surface area contributed by atoms with Gasteiger partial charge in [-0.15, -0.1) is 12.4 Å². The van der Waals surface area contributed by atoms with E-state index in [1.165, 1.54) is 0 Å². The molecule has 0 bridgehead atoms. The second-order valence-corrected chi connectivity index (χ2v) is 6.34. The van der Waals surface area contributed by atoms with Gasteiger partial charge in [-0.05, 0) is 44.0 Å². The average molecular weight is 382 g/mol. The molecule has 130 valence electrons. The van der Waals surface area contributed by atoms with Crippen molar-refractivity contribution in [1.82, 2.24) is 10.2 Å². The summed E-state index contributed by atoms with van der Waals surface area (Å²) < 4.78 is 5.50. The average Bonchev–Trinajstić information content (AvgIpc) is 2.54. The van der Waals surface area contributed by atoms with E-state index >= 15 is 0 Å². The van der Waals surface area contributed by atoms with E-state index in [-0.39, 0.29) is 24.9 Å². The largest absolute Gasteiger partial charge is 0.482 e. The molecule has 1 aromatic rings. The van der Waals surface area contributed by atoms with E-state index in [4.69, 9.17) is 27.9 Å². The number of likely N-dealkylation sites (tertiary alicyclic amines) is 1. The zero-order valence-corrected chi connectivity index (χ0v) is 15.5. The molecule has 1 N–H and O–H groups in total. The molecular formula is C16H23Cl3N2O2. The van der Waals surface area contributed by atoms with E-state index in [9.17, 15) is 4.79 Å². The predicted molar refractivity (Wildman–Crippen MR) is 97.1 cm³/mol. The molecule has 0 spiro atoms. The van der Waals surface area contributed by atoms with Crippen molar-refractivity contribution >= 4 is 41.5 Å². The molecule has 0 aliphatic carbocycles. The second-order valence-electron chi connectivity index (χ2n) is 5.50. The van der Waals surface area contributed by atoms with Gasteiger partial charge in [-0.2, -0.15) is 0 Å². The number of carbonyl (C=O) groups is 1. The number of hydrogen-bond acceptors (Lipinski definition) is 3. The highest BCUT2D eigenvalue weighted by molar-refractivity contribution is 6.34. The summed E-state index contributed by atoms with van der Waals surface area (Å²) in [5, 5.41) is 4.36. The molecule has 23 heavy (non-hydrogen) atoms.